The second-order valence-electron chi connectivity index (χ2n) is 11.4. The zero-order chi connectivity index (χ0) is 28.4. The van der Waals surface area contributed by atoms with E-state index in [2.05, 4.69) is 58.7 Å². The van der Waals surface area contributed by atoms with Crippen molar-refractivity contribution in [2.24, 2.45) is 0 Å². The van der Waals surface area contributed by atoms with Crippen LogP contribution in [0.1, 0.15) is 56.0 Å². The SMILES string of the molecule is CC(C)(Cc1ccccc1C1CCNCC1)Nc1nc(N2CCOCC2)nc(-n2c(C(F)F)nc3ccccc32)n1. The van der Waals surface area contributed by atoms with Crippen LogP contribution in [0.15, 0.2) is 48.5 Å². The minimum atomic E-state index is -2.80. The molecule has 41 heavy (non-hydrogen) atoms. The fourth-order valence-corrected chi connectivity index (χ4v) is 5.87. The molecule has 0 unspecified atom stereocenters. The third kappa shape index (κ3) is 6.01. The monoisotopic (exact) mass is 562 g/mol. The van der Waals surface area contributed by atoms with Gasteiger partial charge in [0.15, 0.2) is 5.82 Å². The van der Waals surface area contributed by atoms with E-state index in [9.17, 15) is 8.78 Å². The highest BCUT2D eigenvalue weighted by atomic mass is 19.3. The summed E-state index contributed by atoms with van der Waals surface area (Å²) in [4.78, 5) is 20.3. The molecule has 9 nitrogen and oxygen atoms in total. The summed E-state index contributed by atoms with van der Waals surface area (Å²) in [5.41, 5.74) is 3.22. The van der Waals surface area contributed by atoms with E-state index >= 15 is 0 Å². The van der Waals surface area contributed by atoms with Crippen LogP contribution in [-0.4, -0.2) is 69.4 Å². The van der Waals surface area contributed by atoms with Crippen LogP contribution in [0.2, 0.25) is 0 Å². The van der Waals surface area contributed by atoms with Crippen LogP contribution in [0.25, 0.3) is 17.0 Å². The molecular weight excluding hydrogens is 526 g/mol. The summed E-state index contributed by atoms with van der Waals surface area (Å²) >= 11 is 0. The van der Waals surface area contributed by atoms with Crippen molar-refractivity contribution in [1.29, 1.82) is 0 Å². The van der Waals surface area contributed by atoms with Crippen LogP contribution in [0.4, 0.5) is 20.7 Å². The molecule has 0 atom stereocenters. The first kappa shape index (κ1) is 27.5. The van der Waals surface area contributed by atoms with Gasteiger partial charge in [-0.05, 0) is 75.4 Å². The summed E-state index contributed by atoms with van der Waals surface area (Å²) in [7, 11) is 0. The lowest BCUT2D eigenvalue weighted by Gasteiger charge is -2.31. The lowest BCUT2D eigenvalue weighted by molar-refractivity contribution is 0.122. The molecular formula is C30H36F2N8O. The van der Waals surface area contributed by atoms with Crippen molar-refractivity contribution in [2.75, 3.05) is 49.6 Å². The van der Waals surface area contributed by atoms with Crippen molar-refractivity contribution in [3.05, 3.63) is 65.5 Å². The molecule has 2 saturated heterocycles. The van der Waals surface area contributed by atoms with Crippen molar-refractivity contribution < 1.29 is 13.5 Å². The molecule has 0 aliphatic carbocycles. The highest BCUT2D eigenvalue weighted by molar-refractivity contribution is 5.77. The normalized spacial score (nSPS) is 17.0. The van der Waals surface area contributed by atoms with Crippen LogP contribution in [0.5, 0.6) is 0 Å². The number of alkyl halides is 2. The number of halogens is 2. The number of ether oxygens (including phenoxy) is 1. The van der Waals surface area contributed by atoms with Crippen molar-refractivity contribution >= 4 is 22.9 Å². The lowest BCUT2D eigenvalue weighted by Crippen LogP contribution is -2.39. The zero-order valence-corrected chi connectivity index (χ0v) is 23.5. The van der Waals surface area contributed by atoms with Gasteiger partial charge in [0, 0.05) is 18.6 Å². The highest BCUT2D eigenvalue weighted by Gasteiger charge is 2.28. The molecule has 4 aromatic rings. The molecule has 0 radical (unpaired) electrons. The Balaban J connectivity index is 1.37. The number of piperidine rings is 1. The Bertz CT molecular complexity index is 1500. The molecule has 2 N–H and O–H groups in total. The minimum absolute atomic E-state index is 0.110. The minimum Gasteiger partial charge on any atom is -0.378 e. The highest BCUT2D eigenvalue weighted by Crippen LogP contribution is 2.32. The summed E-state index contributed by atoms with van der Waals surface area (Å²) in [6.45, 7) is 8.56. The molecule has 2 aromatic heterocycles. The van der Waals surface area contributed by atoms with Gasteiger partial charge in [0.05, 0.1) is 24.2 Å². The molecule has 2 aliphatic heterocycles. The van der Waals surface area contributed by atoms with Crippen LogP contribution in [-0.2, 0) is 11.2 Å². The predicted molar refractivity (Wildman–Crippen MR) is 155 cm³/mol. The largest absolute Gasteiger partial charge is 0.378 e. The van der Waals surface area contributed by atoms with Crippen LogP contribution >= 0.6 is 0 Å². The molecule has 2 aliphatic rings. The van der Waals surface area contributed by atoms with E-state index in [0.29, 0.717) is 55.2 Å². The Kier molecular flexibility index (Phi) is 7.81. The van der Waals surface area contributed by atoms with Crippen molar-refractivity contribution in [3.63, 3.8) is 0 Å². The number of nitrogens with zero attached hydrogens (tertiary/aromatic N) is 6. The zero-order valence-electron chi connectivity index (χ0n) is 23.5. The summed E-state index contributed by atoms with van der Waals surface area (Å²) in [5.74, 6) is 0.996. The molecule has 6 rings (SSSR count). The van der Waals surface area contributed by atoms with Crippen LogP contribution in [0, 0.1) is 0 Å². The standard InChI is InChI=1S/C30H36F2N8O/c1-30(2,19-21-7-3-4-8-22(21)20-11-13-33-14-12-20)38-27-35-28(39-15-17-41-18-16-39)37-29(36-27)40-24-10-6-5-9-23(24)34-26(40)25(31)32/h3-10,20,25,33H,11-19H2,1-2H3,(H,35,36,37,38). The fraction of sp³-hybridized carbons (Fsp3) is 0.467. The summed E-state index contributed by atoms with van der Waals surface area (Å²) < 4.78 is 35.3. The Hall–Kier alpha value is -3.70. The molecule has 0 saturated carbocycles. The van der Waals surface area contributed by atoms with E-state index in [0.717, 1.165) is 32.4 Å². The Labute approximate surface area is 238 Å². The van der Waals surface area contributed by atoms with Crippen molar-refractivity contribution in [2.45, 2.75) is 51.0 Å². The topological polar surface area (TPSA) is 93.0 Å². The molecule has 0 amide bonds. The van der Waals surface area contributed by atoms with Gasteiger partial charge in [0.1, 0.15) is 0 Å². The second-order valence-corrected chi connectivity index (χ2v) is 11.4. The number of aromatic nitrogens is 5. The molecule has 11 heteroatoms. The summed E-state index contributed by atoms with van der Waals surface area (Å²) in [5, 5.41) is 6.98. The smallest absolute Gasteiger partial charge is 0.296 e. The molecule has 0 spiro atoms. The predicted octanol–water partition coefficient (Wildman–Crippen LogP) is 4.88. The average Bonchev–Trinajstić information content (AvgIpc) is 3.38. The molecule has 2 fully saturated rings. The van der Waals surface area contributed by atoms with Crippen LogP contribution in [0.3, 0.4) is 0 Å². The van der Waals surface area contributed by atoms with E-state index in [-0.39, 0.29) is 5.95 Å². The first-order valence-electron chi connectivity index (χ1n) is 14.3. The average molecular weight is 563 g/mol. The van der Waals surface area contributed by atoms with Gasteiger partial charge in [-0.1, -0.05) is 36.4 Å². The number of benzene rings is 2. The number of anilines is 2. The second kappa shape index (κ2) is 11.7. The number of hydrogen-bond acceptors (Lipinski definition) is 8. The number of hydrogen-bond donors (Lipinski definition) is 2. The number of imidazole rings is 1. The molecule has 0 bridgehead atoms. The van der Waals surface area contributed by atoms with Gasteiger partial charge < -0.3 is 20.3 Å². The third-order valence-electron chi connectivity index (χ3n) is 7.80. The van der Waals surface area contributed by atoms with Crippen molar-refractivity contribution in [3.8, 4) is 5.95 Å². The van der Waals surface area contributed by atoms with Gasteiger partial charge in [-0.25, -0.2) is 13.8 Å². The van der Waals surface area contributed by atoms with E-state index < -0.39 is 17.8 Å². The Morgan fingerprint density at radius 1 is 0.951 bits per heavy atom. The number of rotatable bonds is 8. The van der Waals surface area contributed by atoms with Crippen LogP contribution < -0.4 is 15.5 Å². The maximum absolute atomic E-state index is 14.2. The number of morpholine rings is 1. The number of nitrogens with one attached hydrogen (secondary N) is 2. The van der Waals surface area contributed by atoms with E-state index in [1.165, 1.54) is 15.7 Å². The van der Waals surface area contributed by atoms with Gasteiger partial charge in [-0.15, -0.1) is 0 Å². The third-order valence-corrected chi connectivity index (χ3v) is 7.80. The van der Waals surface area contributed by atoms with Gasteiger partial charge in [0.25, 0.3) is 6.43 Å². The summed E-state index contributed by atoms with van der Waals surface area (Å²) in [6, 6.07) is 15.7. The Morgan fingerprint density at radius 3 is 2.44 bits per heavy atom. The van der Waals surface area contributed by atoms with E-state index in [1.807, 2.05) is 4.90 Å². The molecule has 2 aromatic carbocycles. The molecule has 216 valence electrons. The molecule has 4 heterocycles. The first-order chi connectivity index (χ1) is 19.9. The van der Waals surface area contributed by atoms with Gasteiger partial charge >= 0.3 is 0 Å². The number of fused-ring (bicyclic) bond motifs is 1. The van der Waals surface area contributed by atoms with E-state index in [4.69, 9.17) is 14.7 Å². The first-order valence-corrected chi connectivity index (χ1v) is 14.3. The Morgan fingerprint density at radius 2 is 1.66 bits per heavy atom. The maximum atomic E-state index is 14.2. The summed E-state index contributed by atoms with van der Waals surface area (Å²) in [6.07, 6.45) is 0.189. The van der Waals surface area contributed by atoms with Gasteiger partial charge in [-0.3, -0.25) is 4.57 Å². The number of para-hydroxylation sites is 2. The van der Waals surface area contributed by atoms with E-state index in [1.54, 1.807) is 24.3 Å². The quantitative estimate of drug-likeness (QED) is 0.314. The maximum Gasteiger partial charge on any atom is 0.296 e. The van der Waals surface area contributed by atoms with Gasteiger partial charge in [0.2, 0.25) is 17.8 Å². The van der Waals surface area contributed by atoms with Crippen molar-refractivity contribution in [1.82, 2.24) is 29.8 Å². The lowest BCUT2D eigenvalue weighted by atomic mass is 9.83. The van der Waals surface area contributed by atoms with Gasteiger partial charge in [-0.2, -0.15) is 15.0 Å². The fourth-order valence-electron chi connectivity index (χ4n) is 5.87.